The molecule has 2 fully saturated rings. The van der Waals surface area contributed by atoms with Crippen LogP contribution in [0, 0.1) is 11.8 Å². The maximum atomic E-state index is 15.2. The molecule has 0 radical (unpaired) electrons. The van der Waals surface area contributed by atoms with Crippen LogP contribution in [0.15, 0.2) is 103 Å². The molecule has 5 heterocycles. The van der Waals surface area contributed by atoms with Gasteiger partial charge in [0.05, 0.1) is 42.2 Å². The Morgan fingerprint density at radius 1 is 0.885 bits per heavy atom. The van der Waals surface area contributed by atoms with Gasteiger partial charge in [0.2, 0.25) is 11.8 Å². The molecule has 0 bridgehead atoms. The monoisotopic (exact) mass is 702 g/mol. The number of carbonyl (C=O) groups excluding carboxylic acids is 3. The van der Waals surface area contributed by atoms with Crippen LogP contribution in [0.5, 0.6) is 5.75 Å². The number of nitrogens with zero attached hydrogens (tertiary/aromatic N) is 6. The second kappa shape index (κ2) is 13.3. The van der Waals surface area contributed by atoms with Crippen LogP contribution in [0.4, 0.5) is 5.69 Å². The number of para-hydroxylation sites is 1. The number of benzene rings is 3. The van der Waals surface area contributed by atoms with Crippen LogP contribution in [0.3, 0.4) is 0 Å². The van der Waals surface area contributed by atoms with E-state index in [2.05, 4.69) is 10.3 Å². The van der Waals surface area contributed by atoms with Crippen LogP contribution in [0.25, 0.3) is 11.0 Å². The van der Waals surface area contributed by atoms with Gasteiger partial charge in [0.1, 0.15) is 29.6 Å². The van der Waals surface area contributed by atoms with E-state index in [-0.39, 0.29) is 44.1 Å². The van der Waals surface area contributed by atoms with Crippen molar-refractivity contribution >= 4 is 34.4 Å². The van der Waals surface area contributed by atoms with E-state index in [1.165, 1.54) is 4.90 Å². The Bertz CT molecular complexity index is 2050. The Labute approximate surface area is 301 Å². The Balaban J connectivity index is 1.23. The highest BCUT2D eigenvalue weighted by molar-refractivity contribution is 6.04. The molecule has 0 aliphatic carbocycles. The lowest BCUT2D eigenvalue weighted by Crippen LogP contribution is -2.59. The number of ether oxygens (including phenoxy) is 2. The highest BCUT2D eigenvalue weighted by atomic mass is 16.5. The second-order valence-electron chi connectivity index (χ2n) is 13.9. The molecule has 12 nitrogen and oxygen atoms in total. The summed E-state index contributed by atoms with van der Waals surface area (Å²) in [5, 5.41) is 19.6. The predicted molar refractivity (Wildman–Crippen MR) is 193 cm³/mol. The zero-order valence-corrected chi connectivity index (χ0v) is 29.2. The summed E-state index contributed by atoms with van der Waals surface area (Å²) in [6, 6.07) is 22.5. The van der Waals surface area contributed by atoms with Gasteiger partial charge in [-0.15, -0.1) is 5.10 Å². The van der Waals surface area contributed by atoms with Crippen LogP contribution in [-0.4, -0.2) is 97.2 Å². The normalized spacial score (nSPS) is 27.4. The van der Waals surface area contributed by atoms with Crippen molar-refractivity contribution in [3.05, 3.63) is 109 Å². The average molecular weight is 703 g/mol. The van der Waals surface area contributed by atoms with Crippen molar-refractivity contribution in [1.29, 1.82) is 0 Å². The molecule has 3 amide bonds. The quantitative estimate of drug-likeness (QED) is 0.248. The lowest BCUT2D eigenvalue weighted by Gasteiger charge is -2.40. The van der Waals surface area contributed by atoms with Crippen LogP contribution in [-0.2, 0) is 32.2 Å². The van der Waals surface area contributed by atoms with Crippen molar-refractivity contribution in [2.45, 2.75) is 56.6 Å². The first-order valence-corrected chi connectivity index (χ1v) is 18.0. The van der Waals surface area contributed by atoms with Gasteiger partial charge < -0.3 is 29.3 Å². The molecule has 1 spiro atoms. The third-order valence-electron chi connectivity index (χ3n) is 11.1. The van der Waals surface area contributed by atoms with Crippen molar-refractivity contribution in [2.75, 3.05) is 31.2 Å². The van der Waals surface area contributed by atoms with Gasteiger partial charge >= 0.3 is 0 Å². The summed E-state index contributed by atoms with van der Waals surface area (Å²) in [6.07, 6.45) is 8.25. The number of anilines is 1. The molecule has 4 aliphatic heterocycles. The Hall–Kier alpha value is -5.33. The van der Waals surface area contributed by atoms with Crippen LogP contribution in [0.2, 0.25) is 0 Å². The molecule has 12 heteroatoms. The van der Waals surface area contributed by atoms with Crippen molar-refractivity contribution < 1.29 is 29.0 Å². The summed E-state index contributed by atoms with van der Waals surface area (Å²) in [5.41, 5.74) is 0.395. The lowest BCUT2D eigenvalue weighted by molar-refractivity contribution is -0.156. The van der Waals surface area contributed by atoms with Crippen molar-refractivity contribution in [3.8, 4) is 5.75 Å². The summed E-state index contributed by atoms with van der Waals surface area (Å²) in [6.45, 7) is 4.58. The van der Waals surface area contributed by atoms with E-state index < -0.39 is 35.1 Å². The van der Waals surface area contributed by atoms with E-state index in [4.69, 9.17) is 9.47 Å². The minimum absolute atomic E-state index is 0.0815. The number of aromatic nitrogens is 3. The molecule has 2 saturated heterocycles. The van der Waals surface area contributed by atoms with E-state index >= 15 is 9.59 Å². The third-order valence-corrected chi connectivity index (χ3v) is 11.1. The third kappa shape index (κ3) is 5.31. The van der Waals surface area contributed by atoms with E-state index in [1.807, 2.05) is 117 Å². The van der Waals surface area contributed by atoms with Gasteiger partial charge in [-0.25, -0.2) is 4.68 Å². The van der Waals surface area contributed by atoms with Crippen molar-refractivity contribution in [2.24, 2.45) is 11.8 Å². The van der Waals surface area contributed by atoms with Gasteiger partial charge in [0, 0.05) is 18.8 Å². The molecule has 4 aromatic rings. The minimum Gasteiger partial charge on any atom is -0.494 e. The van der Waals surface area contributed by atoms with Gasteiger partial charge in [-0.1, -0.05) is 78.9 Å². The first-order chi connectivity index (χ1) is 25.3. The standard InChI is InChI=1S/C40H42N6O6/c1-3-39-20-10-23-44(28-16-18-30(19-17-28)51-4-2)36(48)33(39)34-37(49)46(29(25-47)24-27-12-6-5-7-13-27)35-38(50)43(22-11-21-40(34,35)52-39)26-45-32-15-9-8-14-31(32)41-42-45/h5-21,29,33-35,47H,3-4,22-26H2,1-2H3/t29-,33-,34+,35?,39+,40+/m1/s1. The molecular formula is C40H42N6O6. The number of aliphatic hydroxyl groups excluding tert-OH is 1. The Morgan fingerprint density at radius 3 is 2.38 bits per heavy atom. The first-order valence-electron chi connectivity index (χ1n) is 18.0. The SMILES string of the molecule is CCOc1ccc(N2CC=C[C@]3(CC)O[C@]45C=CCN(Cn6nnc7ccccc76)C(=O)C4N([C@@H](CO)Cc4ccccc4)C(=O)[C@@H]5[C@@H]3C2=O)cc1. The molecule has 268 valence electrons. The molecule has 4 aliphatic rings. The number of likely N-dealkylation sites (tertiary alicyclic amines) is 1. The molecule has 3 aromatic carbocycles. The fourth-order valence-electron chi connectivity index (χ4n) is 8.71. The van der Waals surface area contributed by atoms with Crippen molar-refractivity contribution in [1.82, 2.24) is 24.8 Å². The average Bonchev–Trinajstić information content (AvgIpc) is 3.71. The fourth-order valence-corrected chi connectivity index (χ4v) is 8.71. The highest BCUT2D eigenvalue weighted by Gasteiger charge is 2.76. The van der Waals surface area contributed by atoms with Gasteiger partial charge in [-0.3, -0.25) is 14.4 Å². The molecule has 52 heavy (non-hydrogen) atoms. The highest BCUT2D eigenvalue weighted by Crippen LogP contribution is 2.59. The van der Waals surface area contributed by atoms with Crippen LogP contribution < -0.4 is 9.64 Å². The Morgan fingerprint density at radius 2 is 1.63 bits per heavy atom. The second-order valence-corrected chi connectivity index (χ2v) is 13.9. The molecule has 1 N–H and O–H groups in total. The van der Waals surface area contributed by atoms with Gasteiger partial charge in [0.15, 0.2) is 0 Å². The zero-order valence-electron chi connectivity index (χ0n) is 29.2. The summed E-state index contributed by atoms with van der Waals surface area (Å²) >= 11 is 0. The van der Waals surface area contributed by atoms with Gasteiger partial charge in [-0.05, 0) is 61.7 Å². The summed E-state index contributed by atoms with van der Waals surface area (Å²) in [4.78, 5) is 50.2. The summed E-state index contributed by atoms with van der Waals surface area (Å²) in [7, 11) is 0. The summed E-state index contributed by atoms with van der Waals surface area (Å²) in [5.74, 6) is -2.28. The van der Waals surface area contributed by atoms with Crippen LogP contribution >= 0.6 is 0 Å². The first kappa shape index (κ1) is 33.8. The molecule has 1 unspecified atom stereocenters. The van der Waals surface area contributed by atoms with Gasteiger partial charge in [-0.2, -0.15) is 0 Å². The fraction of sp³-hybridized carbons (Fsp3) is 0.375. The maximum Gasteiger partial charge on any atom is 0.250 e. The predicted octanol–water partition coefficient (Wildman–Crippen LogP) is 3.75. The maximum absolute atomic E-state index is 15.2. The number of amides is 3. The number of aliphatic hydroxyl groups is 1. The topological polar surface area (TPSA) is 130 Å². The van der Waals surface area contributed by atoms with Crippen LogP contribution in [0.1, 0.15) is 25.8 Å². The molecule has 1 aromatic heterocycles. The molecular weight excluding hydrogens is 660 g/mol. The van der Waals surface area contributed by atoms with E-state index in [0.29, 0.717) is 36.4 Å². The summed E-state index contributed by atoms with van der Waals surface area (Å²) < 4.78 is 14.5. The number of hydrogen-bond acceptors (Lipinski definition) is 8. The largest absolute Gasteiger partial charge is 0.494 e. The number of fused-ring (bicyclic) bond motifs is 3. The minimum atomic E-state index is -1.49. The number of rotatable bonds is 10. The zero-order chi connectivity index (χ0) is 36.0. The lowest BCUT2D eigenvalue weighted by atomic mass is 9.73. The van der Waals surface area contributed by atoms with E-state index in [9.17, 15) is 9.90 Å². The smallest absolute Gasteiger partial charge is 0.250 e. The number of hydrogen-bond donors (Lipinski definition) is 1. The van der Waals surface area contributed by atoms with Crippen molar-refractivity contribution in [3.63, 3.8) is 0 Å². The van der Waals surface area contributed by atoms with E-state index in [0.717, 1.165) is 11.1 Å². The molecule has 8 rings (SSSR count). The molecule has 0 saturated carbocycles. The molecule has 6 atom stereocenters. The Kier molecular flexibility index (Phi) is 8.67. The van der Waals surface area contributed by atoms with E-state index in [1.54, 1.807) is 14.5 Å². The number of carbonyl (C=O) groups is 3. The van der Waals surface area contributed by atoms with Gasteiger partial charge in [0.25, 0.3) is 5.91 Å².